The Labute approximate surface area is 166 Å². The zero-order chi connectivity index (χ0) is 19.7. The van der Waals surface area contributed by atoms with E-state index in [2.05, 4.69) is 26.0 Å². The van der Waals surface area contributed by atoms with E-state index in [1.807, 2.05) is 24.3 Å². The molecule has 0 fully saturated rings. The normalized spacial score (nSPS) is 11.0. The second kappa shape index (κ2) is 7.47. The molecular weight excluding hydrogens is 432 g/mol. The Balaban J connectivity index is 1.68. The lowest BCUT2D eigenvalue weighted by Gasteiger charge is -2.08. The minimum Gasteiger partial charge on any atom is -0.429 e. The van der Waals surface area contributed by atoms with Gasteiger partial charge in [-0.05, 0) is 51.8 Å². The summed E-state index contributed by atoms with van der Waals surface area (Å²) in [7, 11) is 0. The predicted octanol–water partition coefficient (Wildman–Crippen LogP) is 4.65. The summed E-state index contributed by atoms with van der Waals surface area (Å²) in [5.41, 5.74) is 1.77. The van der Waals surface area contributed by atoms with E-state index in [0.717, 1.165) is 17.2 Å². The van der Waals surface area contributed by atoms with Crippen LogP contribution in [0.1, 0.15) is 5.56 Å². The van der Waals surface area contributed by atoms with Crippen molar-refractivity contribution in [2.45, 2.75) is 6.54 Å². The Morgan fingerprint density at radius 2 is 1.79 bits per heavy atom. The van der Waals surface area contributed by atoms with Crippen LogP contribution in [0.25, 0.3) is 22.7 Å². The highest BCUT2D eigenvalue weighted by Crippen LogP contribution is 2.23. The third-order valence-electron chi connectivity index (χ3n) is 4.01. The summed E-state index contributed by atoms with van der Waals surface area (Å²) in [6.07, 6.45) is 1.55. The fraction of sp³-hybridized carbons (Fsp3) is 0.0500. The number of hydrogen-bond donors (Lipinski definition) is 0. The van der Waals surface area contributed by atoms with E-state index >= 15 is 0 Å². The van der Waals surface area contributed by atoms with E-state index in [1.54, 1.807) is 6.20 Å². The van der Waals surface area contributed by atoms with Crippen molar-refractivity contribution in [2.75, 3.05) is 0 Å². The van der Waals surface area contributed by atoms with Crippen molar-refractivity contribution >= 4 is 15.9 Å². The molecule has 4 rings (SSSR count). The molecule has 0 saturated heterocycles. The number of rotatable bonds is 4. The molecule has 5 nitrogen and oxygen atoms in total. The number of oxazole rings is 1. The minimum atomic E-state index is -0.709. The monoisotopic (exact) mass is 443 g/mol. The Morgan fingerprint density at radius 1 is 1.00 bits per heavy atom. The fourth-order valence-electron chi connectivity index (χ4n) is 2.78. The number of hydrogen-bond acceptors (Lipinski definition) is 4. The Kier molecular flexibility index (Phi) is 4.87. The van der Waals surface area contributed by atoms with Gasteiger partial charge in [0.1, 0.15) is 11.6 Å². The molecule has 0 aliphatic rings. The lowest BCUT2D eigenvalue weighted by molar-refractivity contribution is 0.549. The number of halogens is 3. The number of nitrogens with zero attached hydrogens (tertiary/aromatic N) is 3. The molecular formula is C20H12BrF2N3O2. The van der Waals surface area contributed by atoms with Gasteiger partial charge in [-0.25, -0.2) is 18.4 Å². The Bertz CT molecular complexity index is 1200. The SMILES string of the molecule is O=c1ccc(-c2cc(F)cc(F)c2)nn1Cc1cccc(-c2ncc(Br)o2)c1. The summed E-state index contributed by atoms with van der Waals surface area (Å²) < 4.78 is 34.2. The van der Waals surface area contributed by atoms with Crippen LogP contribution < -0.4 is 5.56 Å². The van der Waals surface area contributed by atoms with Crippen LogP contribution in [0.4, 0.5) is 8.78 Å². The molecule has 0 spiro atoms. The van der Waals surface area contributed by atoms with Crippen LogP contribution in [0, 0.1) is 11.6 Å². The van der Waals surface area contributed by atoms with Gasteiger partial charge < -0.3 is 4.42 Å². The summed E-state index contributed by atoms with van der Waals surface area (Å²) >= 11 is 3.21. The van der Waals surface area contributed by atoms with Crippen molar-refractivity contribution in [1.82, 2.24) is 14.8 Å². The maximum atomic E-state index is 13.5. The van der Waals surface area contributed by atoms with E-state index in [0.29, 0.717) is 16.3 Å². The van der Waals surface area contributed by atoms with Crippen LogP contribution in [0.2, 0.25) is 0 Å². The molecule has 0 atom stereocenters. The Morgan fingerprint density at radius 3 is 2.50 bits per heavy atom. The highest BCUT2D eigenvalue weighted by molar-refractivity contribution is 9.10. The molecule has 0 aliphatic carbocycles. The molecule has 0 unspecified atom stereocenters. The summed E-state index contributed by atoms with van der Waals surface area (Å²) in [5, 5.41) is 4.25. The van der Waals surface area contributed by atoms with E-state index in [4.69, 9.17) is 4.42 Å². The van der Waals surface area contributed by atoms with Crippen molar-refractivity contribution in [1.29, 1.82) is 0 Å². The maximum absolute atomic E-state index is 13.5. The fourth-order valence-corrected chi connectivity index (χ4v) is 3.04. The van der Waals surface area contributed by atoms with Gasteiger partial charge >= 0.3 is 0 Å². The van der Waals surface area contributed by atoms with Gasteiger partial charge in [-0.3, -0.25) is 4.79 Å². The van der Waals surface area contributed by atoms with Crippen LogP contribution in [0.15, 0.2) is 74.7 Å². The van der Waals surface area contributed by atoms with Gasteiger partial charge in [-0.2, -0.15) is 5.10 Å². The lowest BCUT2D eigenvalue weighted by atomic mass is 10.1. The van der Waals surface area contributed by atoms with Crippen LogP contribution in [0.5, 0.6) is 0 Å². The van der Waals surface area contributed by atoms with Crippen molar-refractivity contribution < 1.29 is 13.2 Å². The third-order valence-corrected chi connectivity index (χ3v) is 4.38. The molecule has 0 bridgehead atoms. The average Bonchev–Trinajstić information content (AvgIpc) is 3.09. The molecule has 8 heteroatoms. The molecule has 0 N–H and O–H groups in total. The van der Waals surface area contributed by atoms with E-state index in [9.17, 15) is 13.6 Å². The number of aromatic nitrogens is 3. The van der Waals surface area contributed by atoms with Crippen molar-refractivity contribution in [3.8, 4) is 22.7 Å². The first-order chi connectivity index (χ1) is 13.5. The van der Waals surface area contributed by atoms with Gasteiger partial charge in [-0.15, -0.1) is 0 Å². The van der Waals surface area contributed by atoms with Gasteiger partial charge in [-0.1, -0.05) is 12.1 Å². The standard InChI is InChI=1S/C20H12BrF2N3O2/c21-18-10-24-20(28-18)13-3-1-2-12(6-13)11-26-19(27)5-4-17(25-26)14-7-15(22)9-16(23)8-14/h1-10H,11H2. The van der Waals surface area contributed by atoms with Crippen LogP contribution >= 0.6 is 15.9 Å². The third kappa shape index (κ3) is 3.91. The van der Waals surface area contributed by atoms with Crippen LogP contribution in [-0.2, 0) is 6.54 Å². The van der Waals surface area contributed by atoms with Gasteiger partial charge in [0.25, 0.3) is 5.56 Å². The van der Waals surface area contributed by atoms with Gasteiger partial charge in [0.05, 0.1) is 18.4 Å². The summed E-state index contributed by atoms with van der Waals surface area (Å²) in [6, 6.07) is 13.2. The Hall–Kier alpha value is -3.13. The zero-order valence-electron chi connectivity index (χ0n) is 14.3. The molecule has 0 saturated carbocycles. The van der Waals surface area contributed by atoms with Crippen LogP contribution in [0.3, 0.4) is 0 Å². The minimum absolute atomic E-state index is 0.181. The topological polar surface area (TPSA) is 60.9 Å². The summed E-state index contributed by atoms with van der Waals surface area (Å²) in [5.74, 6) is -0.975. The van der Waals surface area contributed by atoms with E-state index in [-0.39, 0.29) is 17.7 Å². The lowest BCUT2D eigenvalue weighted by Crippen LogP contribution is -2.22. The van der Waals surface area contributed by atoms with Gasteiger partial charge in [0, 0.05) is 23.3 Å². The molecule has 28 heavy (non-hydrogen) atoms. The smallest absolute Gasteiger partial charge is 0.267 e. The molecule has 0 aliphatic heterocycles. The molecule has 2 aromatic carbocycles. The highest BCUT2D eigenvalue weighted by atomic mass is 79.9. The first-order valence-corrected chi connectivity index (χ1v) is 9.02. The molecule has 2 heterocycles. The zero-order valence-corrected chi connectivity index (χ0v) is 15.9. The molecule has 140 valence electrons. The summed E-state index contributed by atoms with van der Waals surface area (Å²) in [6.45, 7) is 0.181. The van der Waals surface area contributed by atoms with Gasteiger partial charge in [0.15, 0.2) is 4.67 Å². The quantitative estimate of drug-likeness (QED) is 0.460. The first kappa shape index (κ1) is 18.2. The molecule has 2 aromatic heterocycles. The predicted molar refractivity (Wildman–Crippen MR) is 103 cm³/mol. The average molecular weight is 444 g/mol. The first-order valence-electron chi connectivity index (χ1n) is 8.23. The molecule has 0 amide bonds. The van der Waals surface area contributed by atoms with Crippen molar-refractivity contribution in [3.63, 3.8) is 0 Å². The van der Waals surface area contributed by atoms with Crippen molar-refractivity contribution in [3.05, 3.63) is 93.0 Å². The second-order valence-electron chi connectivity index (χ2n) is 6.04. The van der Waals surface area contributed by atoms with Crippen molar-refractivity contribution in [2.24, 2.45) is 0 Å². The highest BCUT2D eigenvalue weighted by Gasteiger charge is 2.09. The largest absolute Gasteiger partial charge is 0.429 e. The van der Waals surface area contributed by atoms with Crippen LogP contribution in [-0.4, -0.2) is 14.8 Å². The van der Waals surface area contributed by atoms with E-state index < -0.39 is 11.6 Å². The van der Waals surface area contributed by atoms with Gasteiger partial charge in [0.2, 0.25) is 5.89 Å². The summed E-state index contributed by atoms with van der Waals surface area (Å²) in [4.78, 5) is 16.4. The second-order valence-corrected chi connectivity index (χ2v) is 6.82. The maximum Gasteiger partial charge on any atom is 0.267 e. The molecule has 4 aromatic rings. The number of benzene rings is 2. The van der Waals surface area contributed by atoms with E-state index in [1.165, 1.54) is 28.9 Å². The molecule has 0 radical (unpaired) electrons.